The van der Waals surface area contributed by atoms with Crippen LogP contribution in [-0.4, -0.2) is 25.4 Å². The van der Waals surface area contributed by atoms with Gasteiger partial charge in [-0.3, -0.25) is 4.79 Å². The van der Waals surface area contributed by atoms with E-state index in [1.807, 2.05) is 23.8 Å². The number of fused-ring (bicyclic) bond motifs is 1. The third kappa shape index (κ3) is 2.56. The van der Waals surface area contributed by atoms with Gasteiger partial charge in [0, 0.05) is 24.0 Å². The largest absolute Gasteiger partial charge is 0.326 e. The Labute approximate surface area is 124 Å². The Kier molecular flexibility index (Phi) is 3.50. The average Bonchev–Trinajstić information content (AvgIpc) is 2.90. The number of aromatic nitrogens is 4. The standard InChI is InChI=1S/C14H13FN4OS/c1-9-5-14(20)19-13(6-12(17-19)21-2)18(9)8-10-3-4-11(15)16-7-10/h3-7H,8H2,1-2H3. The Hall–Kier alpha value is -2.15. The van der Waals surface area contributed by atoms with Crippen molar-refractivity contribution in [2.24, 2.45) is 0 Å². The normalized spacial score (nSPS) is 11.2. The molecule has 0 amide bonds. The van der Waals surface area contributed by atoms with Crippen LogP contribution in [0.5, 0.6) is 0 Å². The molecule has 0 radical (unpaired) electrons. The molecule has 0 unspecified atom stereocenters. The van der Waals surface area contributed by atoms with Crippen molar-refractivity contribution in [3.63, 3.8) is 0 Å². The van der Waals surface area contributed by atoms with Crippen molar-refractivity contribution in [2.75, 3.05) is 6.26 Å². The zero-order valence-electron chi connectivity index (χ0n) is 11.6. The fraction of sp³-hybridized carbons (Fsp3) is 0.214. The third-order valence-electron chi connectivity index (χ3n) is 3.25. The molecule has 0 aromatic carbocycles. The Bertz CT molecular complexity index is 854. The fourth-order valence-corrected chi connectivity index (χ4v) is 2.58. The zero-order chi connectivity index (χ0) is 15.0. The number of rotatable bonds is 3. The van der Waals surface area contributed by atoms with Crippen molar-refractivity contribution in [2.45, 2.75) is 18.5 Å². The Morgan fingerprint density at radius 3 is 2.81 bits per heavy atom. The second kappa shape index (κ2) is 5.33. The number of aryl methyl sites for hydroxylation is 1. The summed E-state index contributed by atoms with van der Waals surface area (Å²) in [6, 6.07) is 6.42. The van der Waals surface area contributed by atoms with Crippen molar-refractivity contribution < 1.29 is 4.39 Å². The van der Waals surface area contributed by atoms with Crippen molar-refractivity contribution in [3.05, 3.63) is 58.0 Å². The first-order valence-electron chi connectivity index (χ1n) is 6.33. The van der Waals surface area contributed by atoms with E-state index in [0.29, 0.717) is 12.2 Å². The summed E-state index contributed by atoms with van der Waals surface area (Å²) in [7, 11) is 0. The summed E-state index contributed by atoms with van der Waals surface area (Å²) < 4.78 is 16.2. The van der Waals surface area contributed by atoms with Crippen LogP contribution in [0.4, 0.5) is 4.39 Å². The quantitative estimate of drug-likeness (QED) is 0.549. The molecule has 0 aliphatic carbocycles. The van der Waals surface area contributed by atoms with Gasteiger partial charge in [-0.2, -0.15) is 14.0 Å². The lowest BCUT2D eigenvalue weighted by Crippen LogP contribution is -2.20. The Morgan fingerprint density at radius 2 is 2.14 bits per heavy atom. The van der Waals surface area contributed by atoms with E-state index in [-0.39, 0.29) is 5.56 Å². The van der Waals surface area contributed by atoms with Gasteiger partial charge >= 0.3 is 0 Å². The monoisotopic (exact) mass is 304 g/mol. The highest BCUT2D eigenvalue weighted by Gasteiger charge is 2.10. The molecular formula is C14H13FN4OS. The predicted molar refractivity (Wildman–Crippen MR) is 79.3 cm³/mol. The molecule has 3 heterocycles. The molecule has 108 valence electrons. The van der Waals surface area contributed by atoms with Crippen LogP contribution in [0.15, 0.2) is 40.3 Å². The van der Waals surface area contributed by atoms with Crippen LogP contribution in [0.3, 0.4) is 0 Å². The van der Waals surface area contributed by atoms with Gasteiger partial charge in [-0.15, -0.1) is 11.8 Å². The van der Waals surface area contributed by atoms with Crippen molar-refractivity contribution in [3.8, 4) is 0 Å². The number of hydrogen-bond acceptors (Lipinski definition) is 4. The zero-order valence-corrected chi connectivity index (χ0v) is 12.4. The van der Waals surface area contributed by atoms with Gasteiger partial charge in [0.1, 0.15) is 10.7 Å². The van der Waals surface area contributed by atoms with E-state index < -0.39 is 5.95 Å². The maximum absolute atomic E-state index is 12.9. The fourth-order valence-electron chi connectivity index (χ4n) is 2.19. The highest BCUT2D eigenvalue weighted by atomic mass is 32.2. The Balaban J connectivity index is 2.14. The molecule has 0 bridgehead atoms. The minimum atomic E-state index is -0.505. The molecule has 3 aromatic heterocycles. The van der Waals surface area contributed by atoms with E-state index in [9.17, 15) is 9.18 Å². The van der Waals surface area contributed by atoms with E-state index in [4.69, 9.17) is 0 Å². The summed E-state index contributed by atoms with van der Waals surface area (Å²) >= 11 is 1.48. The Morgan fingerprint density at radius 1 is 1.33 bits per heavy atom. The van der Waals surface area contributed by atoms with Crippen LogP contribution in [0.2, 0.25) is 0 Å². The van der Waals surface area contributed by atoms with Crippen LogP contribution < -0.4 is 5.56 Å². The molecule has 0 N–H and O–H groups in total. The van der Waals surface area contributed by atoms with E-state index in [1.54, 1.807) is 12.1 Å². The molecule has 3 rings (SSSR count). The van der Waals surface area contributed by atoms with Crippen LogP contribution >= 0.6 is 11.8 Å². The first-order chi connectivity index (χ1) is 10.1. The van der Waals surface area contributed by atoms with Crippen LogP contribution in [0.1, 0.15) is 11.3 Å². The average molecular weight is 304 g/mol. The summed E-state index contributed by atoms with van der Waals surface area (Å²) in [5, 5.41) is 5.04. The highest BCUT2D eigenvalue weighted by molar-refractivity contribution is 7.98. The smallest absolute Gasteiger partial charge is 0.274 e. The van der Waals surface area contributed by atoms with Gasteiger partial charge in [-0.05, 0) is 24.8 Å². The van der Waals surface area contributed by atoms with Gasteiger partial charge in [0.25, 0.3) is 5.56 Å². The molecular weight excluding hydrogens is 291 g/mol. The van der Waals surface area contributed by atoms with Gasteiger partial charge in [0.2, 0.25) is 5.95 Å². The van der Waals surface area contributed by atoms with Gasteiger partial charge < -0.3 is 4.57 Å². The lowest BCUT2D eigenvalue weighted by molar-refractivity contribution is 0.581. The van der Waals surface area contributed by atoms with Crippen molar-refractivity contribution in [1.82, 2.24) is 19.2 Å². The summed E-state index contributed by atoms with van der Waals surface area (Å²) in [5.74, 6) is -0.505. The first-order valence-corrected chi connectivity index (χ1v) is 7.55. The predicted octanol–water partition coefficient (Wildman–Crippen LogP) is 2.11. The second-order valence-corrected chi connectivity index (χ2v) is 5.48. The van der Waals surface area contributed by atoms with E-state index >= 15 is 0 Å². The highest BCUT2D eigenvalue weighted by Crippen LogP contribution is 2.16. The first kappa shape index (κ1) is 13.8. The minimum absolute atomic E-state index is 0.156. The third-order valence-corrected chi connectivity index (χ3v) is 3.87. The van der Waals surface area contributed by atoms with Crippen molar-refractivity contribution >= 4 is 17.4 Å². The van der Waals surface area contributed by atoms with E-state index in [1.165, 1.54) is 28.5 Å². The molecule has 5 nitrogen and oxygen atoms in total. The molecule has 0 aliphatic heterocycles. The van der Waals surface area contributed by atoms with E-state index in [2.05, 4.69) is 10.1 Å². The minimum Gasteiger partial charge on any atom is -0.326 e. The van der Waals surface area contributed by atoms with Crippen LogP contribution in [-0.2, 0) is 6.54 Å². The maximum Gasteiger partial charge on any atom is 0.274 e. The summed E-state index contributed by atoms with van der Waals surface area (Å²) in [4.78, 5) is 15.6. The number of nitrogens with zero attached hydrogens (tertiary/aromatic N) is 4. The lowest BCUT2D eigenvalue weighted by Gasteiger charge is -2.12. The molecule has 3 aromatic rings. The number of thioether (sulfide) groups is 1. The molecule has 0 aliphatic rings. The molecule has 0 spiro atoms. The van der Waals surface area contributed by atoms with Crippen molar-refractivity contribution in [1.29, 1.82) is 0 Å². The summed E-state index contributed by atoms with van der Waals surface area (Å²) in [6.07, 6.45) is 3.41. The topological polar surface area (TPSA) is 52.2 Å². The molecule has 0 saturated heterocycles. The van der Waals surface area contributed by atoms with E-state index in [0.717, 1.165) is 16.3 Å². The second-order valence-electron chi connectivity index (χ2n) is 4.66. The van der Waals surface area contributed by atoms with Crippen LogP contribution in [0, 0.1) is 12.9 Å². The number of hydrogen-bond donors (Lipinski definition) is 0. The number of pyridine rings is 1. The summed E-state index contributed by atoms with van der Waals surface area (Å²) in [5.41, 5.74) is 2.24. The van der Waals surface area contributed by atoms with Gasteiger partial charge in [0.05, 0.1) is 6.54 Å². The number of halogens is 1. The molecule has 21 heavy (non-hydrogen) atoms. The molecule has 7 heteroatoms. The molecule has 0 saturated carbocycles. The summed E-state index contributed by atoms with van der Waals surface area (Å²) in [6.45, 7) is 2.37. The molecule has 0 atom stereocenters. The lowest BCUT2D eigenvalue weighted by atomic mass is 10.2. The van der Waals surface area contributed by atoms with Gasteiger partial charge in [-0.25, -0.2) is 4.98 Å². The van der Waals surface area contributed by atoms with Gasteiger partial charge in [0.15, 0.2) is 0 Å². The van der Waals surface area contributed by atoms with Gasteiger partial charge in [-0.1, -0.05) is 6.07 Å². The maximum atomic E-state index is 12.9. The SMILES string of the molecule is CSc1cc2n(Cc3ccc(F)nc3)c(C)cc(=O)n2n1. The molecule has 0 fully saturated rings. The van der Waals surface area contributed by atoms with Crippen LogP contribution in [0.25, 0.3) is 5.65 Å².